The summed E-state index contributed by atoms with van der Waals surface area (Å²) in [5.74, 6) is 3.42. The fourth-order valence-corrected chi connectivity index (χ4v) is 8.63. The van der Waals surface area contributed by atoms with E-state index in [4.69, 9.17) is 4.74 Å². The van der Waals surface area contributed by atoms with Crippen LogP contribution in [0.3, 0.4) is 0 Å². The highest BCUT2D eigenvalue weighted by molar-refractivity contribution is 5.87. The fourth-order valence-electron chi connectivity index (χ4n) is 8.63. The molecule has 3 saturated carbocycles. The topological polar surface area (TPSA) is 46.5 Å². The fraction of sp³-hybridized carbons (Fsp3) is 0.583. The van der Waals surface area contributed by atoms with Crippen molar-refractivity contribution in [3.8, 4) is 5.75 Å². The van der Waals surface area contributed by atoms with E-state index in [1.54, 1.807) is 35.9 Å². The van der Waals surface area contributed by atoms with Crippen LogP contribution in [0.5, 0.6) is 5.75 Å². The van der Waals surface area contributed by atoms with E-state index < -0.39 is 0 Å². The summed E-state index contributed by atoms with van der Waals surface area (Å²) < 4.78 is 5.90. The van der Waals surface area contributed by atoms with Gasteiger partial charge in [-0.3, -0.25) is 0 Å². The molecule has 4 aliphatic carbocycles. The number of carbonyl (C=O) groups is 1. The number of benzene rings is 1. The monoisotopic (exact) mass is 528 g/mol. The van der Waals surface area contributed by atoms with Gasteiger partial charge >= 0.3 is 5.97 Å². The van der Waals surface area contributed by atoms with E-state index in [2.05, 4.69) is 58.9 Å². The number of esters is 1. The molecule has 3 heteroatoms. The van der Waals surface area contributed by atoms with Gasteiger partial charge < -0.3 is 9.84 Å². The van der Waals surface area contributed by atoms with Crippen LogP contribution in [0.15, 0.2) is 65.8 Å². The molecule has 3 nitrogen and oxygen atoms in total. The van der Waals surface area contributed by atoms with E-state index in [9.17, 15) is 9.90 Å². The van der Waals surface area contributed by atoms with E-state index in [0.29, 0.717) is 23.2 Å². The molecule has 39 heavy (non-hydrogen) atoms. The summed E-state index contributed by atoms with van der Waals surface area (Å²) >= 11 is 0. The van der Waals surface area contributed by atoms with Gasteiger partial charge in [0, 0.05) is 12.5 Å². The molecule has 0 aromatic heterocycles. The molecule has 210 valence electrons. The number of ether oxygens (including phenoxy) is 1. The number of allylic oxidation sites excluding steroid dienone is 5. The molecule has 0 amide bonds. The summed E-state index contributed by atoms with van der Waals surface area (Å²) in [4.78, 5) is 12.6. The molecule has 0 radical (unpaired) electrons. The van der Waals surface area contributed by atoms with Crippen LogP contribution in [0.2, 0.25) is 0 Å². The summed E-state index contributed by atoms with van der Waals surface area (Å²) in [7, 11) is 0. The zero-order valence-corrected chi connectivity index (χ0v) is 24.7. The first-order valence-corrected chi connectivity index (χ1v) is 15.4. The van der Waals surface area contributed by atoms with Crippen LogP contribution in [0.4, 0.5) is 0 Å². The second kappa shape index (κ2) is 11.1. The Morgan fingerprint density at radius 2 is 1.79 bits per heavy atom. The molecule has 7 atom stereocenters. The third-order valence-corrected chi connectivity index (χ3v) is 10.9. The molecule has 5 rings (SSSR count). The van der Waals surface area contributed by atoms with Crippen LogP contribution in [0.25, 0.3) is 6.08 Å². The first-order chi connectivity index (χ1) is 18.6. The molecule has 3 fully saturated rings. The van der Waals surface area contributed by atoms with Crippen LogP contribution >= 0.6 is 0 Å². The molecule has 0 aliphatic heterocycles. The van der Waals surface area contributed by atoms with E-state index in [1.165, 1.54) is 43.8 Å². The predicted octanol–water partition coefficient (Wildman–Crippen LogP) is 9.05. The lowest BCUT2D eigenvalue weighted by Crippen LogP contribution is -2.46. The van der Waals surface area contributed by atoms with E-state index in [1.807, 2.05) is 0 Å². The lowest BCUT2D eigenvalue weighted by molar-refractivity contribution is -0.144. The quantitative estimate of drug-likeness (QED) is 0.218. The highest BCUT2D eigenvalue weighted by Gasteiger charge is 2.56. The van der Waals surface area contributed by atoms with Gasteiger partial charge in [0.25, 0.3) is 0 Å². The standard InChI is InChI=1S/C36H48O3/c1-24(2)7-6-8-25(3)31-16-17-32-30-15-12-27-23-29(19-21-35(27,4)33(30)20-22-36(31,32)5)39-34(38)18-11-26-9-13-28(37)14-10-26/h6,8-15,18,24-25,29,31-33,37H,7,16-17,19-23H2,1-5H3/b8-6+,18-11+/t25-,29+,31-,32?,33?,35+,36-/m1/s1. The summed E-state index contributed by atoms with van der Waals surface area (Å²) in [6.45, 7) is 12.2. The Labute approximate surface area is 236 Å². The van der Waals surface area contributed by atoms with E-state index >= 15 is 0 Å². The van der Waals surface area contributed by atoms with Crippen LogP contribution in [0, 0.1) is 40.4 Å². The van der Waals surface area contributed by atoms with Gasteiger partial charge in [-0.2, -0.15) is 0 Å². The van der Waals surface area contributed by atoms with Crippen molar-refractivity contribution < 1.29 is 14.6 Å². The maximum Gasteiger partial charge on any atom is 0.331 e. The number of rotatable bonds is 7. The minimum Gasteiger partial charge on any atom is -0.508 e. The zero-order chi connectivity index (χ0) is 27.8. The Hall–Kier alpha value is -2.55. The summed E-state index contributed by atoms with van der Waals surface area (Å²) in [6, 6.07) is 6.81. The number of phenolic OH excluding ortho intramolecular Hbond substituents is 1. The van der Waals surface area contributed by atoms with E-state index in [-0.39, 0.29) is 23.2 Å². The van der Waals surface area contributed by atoms with Gasteiger partial charge in [0.1, 0.15) is 11.9 Å². The Bertz CT molecular complexity index is 1170. The van der Waals surface area contributed by atoms with Crippen molar-refractivity contribution in [1.82, 2.24) is 0 Å². The van der Waals surface area contributed by atoms with E-state index in [0.717, 1.165) is 36.7 Å². The normalized spacial score (nSPS) is 34.8. The Morgan fingerprint density at radius 1 is 1.03 bits per heavy atom. The molecule has 1 aromatic rings. The van der Waals surface area contributed by atoms with Gasteiger partial charge in [0.2, 0.25) is 0 Å². The molecule has 0 bridgehead atoms. The molecule has 2 unspecified atom stereocenters. The first-order valence-electron chi connectivity index (χ1n) is 15.4. The van der Waals surface area contributed by atoms with Gasteiger partial charge in [0.05, 0.1) is 0 Å². The first kappa shape index (κ1) is 28.0. The summed E-state index contributed by atoms with van der Waals surface area (Å²) in [6.07, 6.45) is 22.4. The Morgan fingerprint density at radius 3 is 2.54 bits per heavy atom. The third-order valence-electron chi connectivity index (χ3n) is 10.9. The van der Waals surface area contributed by atoms with Crippen LogP contribution < -0.4 is 0 Å². The number of hydrogen-bond donors (Lipinski definition) is 1. The number of phenols is 1. The molecule has 1 aromatic carbocycles. The Balaban J connectivity index is 1.26. The highest BCUT2D eigenvalue weighted by Crippen LogP contribution is 2.66. The summed E-state index contributed by atoms with van der Waals surface area (Å²) in [5.41, 5.74) is 4.67. The average molecular weight is 529 g/mol. The van der Waals surface area contributed by atoms with Gasteiger partial charge in [-0.25, -0.2) is 4.79 Å². The molecule has 0 spiro atoms. The van der Waals surface area contributed by atoms with Crippen LogP contribution in [0.1, 0.15) is 91.5 Å². The third kappa shape index (κ3) is 5.56. The SMILES string of the molecule is CC(C)C/C=C/[C@@H](C)[C@H]1CCC2C3=CC=C4C[C@@H](OC(=O)/C=C/c5ccc(O)cc5)CC[C@]4(C)C3CC[C@@]21C. The lowest BCUT2D eigenvalue weighted by atomic mass is 9.50. The van der Waals surface area contributed by atoms with Gasteiger partial charge in [-0.05, 0) is 109 Å². The van der Waals surface area contributed by atoms with Crippen molar-refractivity contribution >= 4 is 12.0 Å². The molecular weight excluding hydrogens is 480 g/mol. The van der Waals surface area contributed by atoms with Gasteiger partial charge in [0.15, 0.2) is 0 Å². The molecule has 1 N–H and O–H groups in total. The molecular formula is C36H48O3. The van der Waals surface area contributed by atoms with Gasteiger partial charge in [-0.1, -0.05) is 82.2 Å². The van der Waals surface area contributed by atoms with Crippen LogP contribution in [-0.2, 0) is 9.53 Å². The van der Waals surface area contributed by atoms with Crippen molar-refractivity contribution in [1.29, 1.82) is 0 Å². The largest absolute Gasteiger partial charge is 0.508 e. The number of carbonyl (C=O) groups excluding carboxylic acids is 1. The minimum atomic E-state index is -0.286. The second-order valence-electron chi connectivity index (χ2n) is 13.8. The average Bonchev–Trinajstić information content (AvgIpc) is 3.25. The highest BCUT2D eigenvalue weighted by atomic mass is 16.5. The predicted molar refractivity (Wildman–Crippen MR) is 160 cm³/mol. The Kier molecular flexibility index (Phi) is 8.00. The smallest absolute Gasteiger partial charge is 0.331 e. The van der Waals surface area contributed by atoms with Crippen molar-refractivity contribution in [3.63, 3.8) is 0 Å². The van der Waals surface area contributed by atoms with Gasteiger partial charge in [-0.15, -0.1) is 0 Å². The molecule has 0 heterocycles. The lowest BCUT2D eigenvalue weighted by Gasteiger charge is -2.55. The summed E-state index contributed by atoms with van der Waals surface area (Å²) in [5, 5.41) is 9.45. The van der Waals surface area contributed by atoms with Crippen molar-refractivity contribution in [2.24, 2.45) is 40.4 Å². The van der Waals surface area contributed by atoms with Crippen molar-refractivity contribution in [2.45, 2.75) is 92.1 Å². The molecule has 0 saturated heterocycles. The zero-order valence-electron chi connectivity index (χ0n) is 24.7. The number of aromatic hydroxyl groups is 1. The van der Waals surface area contributed by atoms with Crippen molar-refractivity contribution in [2.75, 3.05) is 0 Å². The number of fused-ring (bicyclic) bond motifs is 5. The van der Waals surface area contributed by atoms with Crippen molar-refractivity contribution in [3.05, 3.63) is 71.4 Å². The second-order valence-corrected chi connectivity index (χ2v) is 13.8. The number of hydrogen-bond acceptors (Lipinski definition) is 3. The molecule has 4 aliphatic rings. The minimum absolute atomic E-state index is 0.0561. The maximum atomic E-state index is 12.6. The van der Waals surface area contributed by atoms with Crippen LogP contribution in [-0.4, -0.2) is 17.2 Å². The maximum absolute atomic E-state index is 12.6.